The molecule has 2 aromatic rings. The second-order valence-electron chi connectivity index (χ2n) is 6.43. The van der Waals surface area contributed by atoms with Crippen LogP contribution in [-0.2, 0) is 16.0 Å². The first-order chi connectivity index (χ1) is 12.3. The number of amides is 2. The standard InChI is InChI=1S/C20H23ClN2O3/c1-5-13-6-8-14(9-7-13)22-18(24)20(2,3)19(25)23-15-10-11-17(26-4)16(21)12-15/h6-12H,5H2,1-4H3,(H,22,24)(H,23,25). The summed E-state index contributed by atoms with van der Waals surface area (Å²) in [5.74, 6) is -0.308. The highest BCUT2D eigenvalue weighted by molar-refractivity contribution is 6.32. The Kier molecular flexibility index (Phi) is 6.27. The topological polar surface area (TPSA) is 67.4 Å². The highest BCUT2D eigenvalue weighted by atomic mass is 35.5. The molecule has 0 bridgehead atoms. The lowest BCUT2D eigenvalue weighted by molar-refractivity contribution is -0.135. The number of carbonyl (C=O) groups excluding carboxylic acids is 2. The summed E-state index contributed by atoms with van der Waals surface area (Å²) < 4.78 is 5.08. The van der Waals surface area contributed by atoms with Gasteiger partial charge in [0.05, 0.1) is 12.1 Å². The maximum absolute atomic E-state index is 12.6. The first-order valence-electron chi connectivity index (χ1n) is 8.33. The van der Waals surface area contributed by atoms with Gasteiger partial charge in [-0.1, -0.05) is 30.7 Å². The molecule has 2 amide bonds. The molecule has 26 heavy (non-hydrogen) atoms. The highest BCUT2D eigenvalue weighted by Crippen LogP contribution is 2.28. The Hall–Kier alpha value is -2.53. The lowest BCUT2D eigenvalue weighted by Gasteiger charge is -2.23. The molecule has 0 heterocycles. The average molecular weight is 375 g/mol. The second-order valence-corrected chi connectivity index (χ2v) is 6.84. The van der Waals surface area contributed by atoms with E-state index in [-0.39, 0.29) is 5.91 Å². The van der Waals surface area contributed by atoms with E-state index in [0.29, 0.717) is 22.1 Å². The molecule has 0 spiro atoms. The van der Waals surface area contributed by atoms with Crippen molar-refractivity contribution >= 4 is 34.8 Å². The molecule has 0 atom stereocenters. The SMILES string of the molecule is CCc1ccc(NC(=O)C(C)(C)C(=O)Nc2ccc(OC)c(Cl)c2)cc1. The molecule has 2 aromatic carbocycles. The van der Waals surface area contributed by atoms with Gasteiger partial charge in [0.2, 0.25) is 11.8 Å². The largest absolute Gasteiger partial charge is 0.495 e. The van der Waals surface area contributed by atoms with Gasteiger partial charge in [-0.15, -0.1) is 0 Å². The minimum atomic E-state index is -1.27. The minimum absolute atomic E-state index is 0.378. The van der Waals surface area contributed by atoms with Gasteiger partial charge in [0.1, 0.15) is 11.2 Å². The Bertz CT molecular complexity index is 801. The van der Waals surface area contributed by atoms with E-state index in [1.807, 2.05) is 24.3 Å². The van der Waals surface area contributed by atoms with Crippen LogP contribution in [0, 0.1) is 5.41 Å². The van der Waals surface area contributed by atoms with Gasteiger partial charge in [0.15, 0.2) is 0 Å². The van der Waals surface area contributed by atoms with Gasteiger partial charge in [-0.2, -0.15) is 0 Å². The molecule has 6 heteroatoms. The molecule has 0 saturated carbocycles. The van der Waals surface area contributed by atoms with Crippen molar-refractivity contribution in [3.63, 3.8) is 0 Å². The number of carbonyl (C=O) groups is 2. The normalized spacial score (nSPS) is 11.0. The van der Waals surface area contributed by atoms with Gasteiger partial charge in [-0.05, 0) is 56.2 Å². The maximum atomic E-state index is 12.6. The smallest absolute Gasteiger partial charge is 0.239 e. The van der Waals surface area contributed by atoms with Crippen molar-refractivity contribution in [2.45, 2.75) is 27.2 Å². The number of ether oxygens (including phenoxy) is 1. The Morgan fingerprint density at radius 2 is 1.54 bits per heavy atom. The summed E-state index contributed by atoms with van der Waals surface area (Å²) >= 11 is 6.07. The summed E-state index contributed by atoms with van der Waals surface area (Å²) in [4.78, 5) is 25.2. The molecule has 138 valence electrons. The lowest BCUT2D eigenvalue weighted by Crippen LogP contribution is -2.41. The van der Waals surface area contributed by atoms with E-state index < -0.39 is 11.3 Å². The van der Waals surface area contributed by atoms with Crippen LogP contribution in [0.4, 0.5) is 11.4 Å². The van der Waals surface area contributed by atoms with E-state index in [4.69, 9.17) is 16.3 Å². The summed E-state index contributed by atoms with van der Waals surface area (Å²) in [6, 6.07) is 12.4. The molecule has 0 aromatic heterocycles. The molecule has 0 fully saturated rings. The Balaban J connectivity index is 2.07. The molecule has 0 aliphatic heterocycles. The fraction of sp³-hybridized carbons (Fsp3) is 0.300. The van der Waals surface area contributed by atoms with E-state index in [2.05, 4.69) is 17.6 Å². The molecule has 0 aliphatic rings. The number of rotatable bonds is 6. The summed E-state index contributed by atoms with van der Waals surface area (Å²) in [5, 5.41) is 5.88. The molecule has 2 rings (SSSR count). The van der Waals surface area contributed by atoms with Crippen LogP contribution in [0.3, 0.4) is 0 Å². The maximum Gasteiger partial charge on any atom is 0.239 e. The first-order valence-corrected chi connectivity index (χ1v) is 8.71. The number of anilines is 2. The van der Waals surface area contributed by atoms with Crippen molar-refractivity contribution in [2.75, 3.05) is 17.7 Å². The Labute approximate surface area is 158 Å². The van der Waals surface area contributed by atoms with Crippen LogP contribution < -0.4 is 15.4 Å². The third-order valence-electron chi connectivity index (χ3n) is 4.17. The van der Waals surface area contributed by atoms with Crippen molar-refractivity contribution < 1.29 is 14.3 Å². The van der Waals surface area contributed by atoms with Gasteiger partial charge < -0.3 is 15.4 Å². The van der Waals surface area contributed by atoms with E-state index >= 15 is 0 Å². The van der Waals surface area contributed by atoms with Crippen LogP contribution >= 0.6 is 11.6 Å². The molecular weight excluding hydrogens is 352 g/mol. The number of methoxy groups -OCH3 is 1. The monoisotopic (exact) mass is 374 g/mol. The number of hydrogen-bond acceptors (Lipinski definition) is 3. The van der Waals surface area contributed by atoms with E-state index in [0.717, 1.165) is 6.42 Å². The fourth-order valence-corrected chi connectivity index (χ4v) is 2.50. The van der Waals surface area contributed by atoms with Crippen molar-refractivity contribution in [1.82, 2.24) is 0 Å². The van der Waals surface area contributed by atoms with E-state index in [1.165, 1.54) is 12.7 Å². The average Bonchev–Trinajstić information content (AvgIpc) is 2.62. The van der Waals surface area contributed by atoms with Crippen LogP contribution in [0.1, 0.15) is 26.3 Å². The number of hydrogen-bond donors (Lipinski definition) is 2. The van der Waals surface area contributed by atoms with Crippen LogP contribution in [-0.4, -0.2) is 18.9 Å². The summed E-state index contributed by atoms with van der Waals surface area (Å²) in [7, 11) is 1.51. The van der Waals surface area contributed by atoms with E-state index in [1.54, 1.807) is 32.0 Å². The molecule has 2 N–H and O–H groups in total. The second kappa shape index (κ2) is 8.23. The fourth-order valence-electron chi connectivity index (χ4n) is 2.25. The van der Waals surface area contributed by atoms with Crippen molar-refractivity contribution in [3.05, 3.63) is 53.1 Å². The van der Waals surface area contributed by atoms with Crippen molar-refractivity contribution in [2.24, 2.45) is 5.41 Å². The predicted molar refractivity (Wildman–Crippen MR) is 105 cm³/mol. The highest BCUT2D eigenvalue weighted by Gasteiger charge is 2.36. The Morgan fingerprint density at radius 1 is 1.00 bits per heavy atom. The third-order valence-corrected chi connectivity index (χ3v) is 4.46. The first kappa shape index (κ1) is 19.8. The van der Waals surface area contributed by atoms with Crippen LogP contribution in [0.15, 0.2) is 42.5 Å². The zero-order valence-electron chi connectivity index (χ0n) is 15.4. The van der Waals surface area contributed by atoms with E-state index in [9.17, 15) is 9.59 Å². The van der Waals surface area contributed by atoms with Gasteiger partial charge in [-0.25, -0.2) is 0 Å². The minimum Gasteiger partial charge on any atom is -0.495 e. The zero-order valence-corrected chi connectivity index (χ0v) is 16.1. The summed E-state index contributed by atoms with van der Waals surface area (Å²) in [6.45, 7) is 5.21. The van der Waals surface area contributed by atoms with Gasteiger partial charge in [-0.3, -0.25) is 9.59 Å². The molecular formula is C20H23ClN2O3. The van der Waals surface area contributed by atoms with Crippen LogP contribution in [0.2, 0.25) is 5.02 Å². The van der Waals surface area contributed by atoms with Crippen LogP contribution in [0.25, 0.3) is 0 Å². The molecule has 0 unspecified atom stereocenters. The molecule has 5 nitrogen and oxygen atoms in total. The molecule has 0 radical (unpaired) electrons. The van der Waals surface area contributed by atoms with Gasteiger partial charge in [0, 0.05) is 11.4 Å². The predicted octanol–water partition coefficient (Wildman–Crippen LogP) is 4.51. The van der Waals surface area contributed by atoms with Gasteiger partial charge in [0.25, 0.3) is 0 Å². The Morgan fingerprint density at radius 3 is 2.04 bits per heavy atom. The lowest BCUT2D eigenvalue weighted by atomic mass is 9.90. The van der Waals surface area contributed by atoms with Gasteiger partial charge >= 0.3 is 0 Å². The summed E-state index contributed by atoms with van der Waals surface area (Å²) in [6.07, 6.45) is 0.923. The quantitative estimate of drug-likeness (QED) is 0.731. The molecule has 0 saturated heterocycles. The van der Waals surface area contributed by atoms with Crippen molar-refractivity contribution in [3.8, 4) is 5.75 Å². The third kappa shape index (κ3) is 4.55. The summed E-state index contributed by atoms with van der Waals surface area (Å²) in [5.41, 5.74) is 1.06. The van der Waals surface area contributed by atoms with Crippen LogP contribution in [0.5, 0.6) is 5.75 Å². The number of nitrogens with one attached hydrogen (secondary N) is 2. The number of aryl methyl sites for hydroxylation is 1. The number of benzene rings is 2. The molecule has 0 aliphatic carbocycles. The van der Waals surface area contributed by atoms with Crippen molar-refractivity contribution in [1.29, 1.82) is 0 Å². The zero-order chi connectivity index (χ0) is 19.3. The number of halogens is 1.